The number of Topliss-reactive ketones (excluding diaryl/α,β-unsaturated/α-hetero) is 1. The molecule has 1 aliphatic heterocycles. The Morgan fingerprint density at radius 1 is 1.05 bits per heavy atom. The Kier molecular flexibility index (Phi) is 7.22. The SMILES string of the molecule is COC(=O)Cc1ccc(N2C(=O)C(=O)/C(=C(/O)c3cc(C)cc(Cl)c3OC)C2c2cccc(O)c2)cc1. The molecule has 1 atom stereocenters. The van der Waals surface area contributed by atoms with E-state index in [0.29, 0.717) is 22.4 Å². The van der Waals surface area contributed by atoms with Gasteiger partial charge in [-0.3, -0.25) is 19.3 Å². The van der Waals surface area contributed by atoms with Gasteiger partial charge in [-0.05, 0) is 60.0 Å². The lowest BCUT2D eigenvalue weighted by molar-refractivity contribution is -0.139. The summed E-state index contributed by atoms with van der Waals surface area (Å²) in [6.07, 6.45) is 0.0412. The van der Waals surface area contributed by atoms with Crippen molar-refractivity contribution in [2.45, 2.75) is 19.4 Å². The number of aliphatic hydroxyl groups excluding tert-OH is 1. The van der Waals surface area contributed by atoms with Gasteiger partial charge in [0.25, 0.3) is 11.7 Å². The summed E-state index contributed by atoms with van der Waals surface area (Å²) >= 11 is 6.32. The molecule has 0 aromatic heterocycles. The first kappa shape index (κ1) is 25.8. The van der Waals surface area contributed by atoms with E-state index in [0.717, 1.165) is 0 Å². The second-order valence-corrected chi connectivity index (χ2v) is 8.92. The van der Waals surface area contributed by atoms with E-state index in [1.165, 1.54) is 31.3 Å². The topological polar surface area (TPSA) is 113 Å². The van der Waals surface area contributed by atoms with Crippen molar-refractivity contribution in [1.29, 1.82) is 0 Å². The molecule has 9 heteroatoms. The zero-order valence-electron chi connectivity index (χ0n) is 20.3. The molecule has 4 rings (SSSR count). The summed E-state index contributed by atoms with van der Waals surface area (Å²) < 4.78 is 10.1. The zero-order valence-corrected chi connectivity index (χ0v) is 21.1. The van der Waals surface area contributed by atoms with Gasteiger partial charge in [-0.2, -0.15) is 0 Å². The molecule has 8 nitrogen and oxygen atoms in total. The third-order valence-corrected chi connectivity index (χ3v) is 6.35. The van der Waals surface area contributed by atoms with E-state index in [9.17, 15) is 24.6 Å². The zero-order chi connectivity index (χ0) is 26.9. The maximum atomic E-state index is 13.4. The molecule has 0 radical (unpaired) electrons. The predicted molar refractivity (Wildman–Crippen MR) is 138 cm³/mol. The minimum atomic E-state index is -1.07. The van der Waals surface area contributed by atoms with Crippen LogP contribution in [0.4, 0.5) is 5.69 Å². The minimum Gasteiger partial charge on any atom is -0.508 e. The molecular weight excluding hydrogens is 498 g/mol. The number of amides is 1. The van der Waals surface area contributed by atoms with Gasteiger partial charge in [0.2, 0.25) is 0 Å². The molecule has 2 N–H and O–H groups in total. The van der Waals surface area contributed by atoms with Crippen LogP contribution in [0.25, 0.3) is 5.76 Å². The molecule has 1 saturated heterocycles. The molecule has 0 bridgehead atoms. The third-order valence-electron chi connectivity index (χ3n) is 6.07. The average molecular weight is 522 g/mol. The van der Waals surface area contributed by atoms with Crippen LogP contribution >= 0.6 is 11.6 Å². The van der Waals surface area contributed by atoms with E-state index >= 15 is 0 Å². The molecule has 0 spiro atoms. The van der Waals surface area contributed by atoms with E-state index in [-0.39, 0.29) is 34.1 Å². The van der Waals surface area contributed by atoms with E-state index in [2.05, 4.69) is 0 Å². The van der Waals surface area contributed by atoms with Gasteiger partial charge in [-0.1, -0.05) is 35.9 Å². The lowest BCUT2D eigenvalue weighted by atomic mass is 9.94. The number of ketones is 1. The quantitative estimate of drug-likeness (QED) is 0.209. The molecule has 37 heavy (non-hydrogen) atoms. The summed E-state index contributed by atoms with van der Waals surface area (Å²) in [6.45, 7) is 1.77. The molecule has 0 aliphatic carbocycles. The number of aryl methyl sites for hydroxylation is 1. The van der Waals surface area contributed by atoms with Crippen molar-refractivity contribution >= 4 is 40.7 Å². The first-order valence-corrected chi connectivity index (χ1v) is 11.6. The molecule has 190 valence electrons. The Hall–Kier alpha value is -4.30. The first-order chi connectivity index (χ1) is 17.7. The molecule has 1 amide bonds. The molecule has 1 aliphatic rings. The Balaban J connectivity index is 1.92. The standard InChI is InChI=1S/C28H24ClNO7/c1-15-11-20(27(37-3)21(29)12-15)25(33)23-24(17-5-4-6-19(31)14-17)30(28(35)26(23)34)18-9-7-16(8-10-18)13-22(32)36-2/h4-12,14,24,31,33H,13H2,1-3H3/b25-23+. The van der Waals surface area contributed by atoms with Crippen molar-refractivity contribution in [2.75, 3.05) is 19.1 Å². The fraction of sp³-hybridized carbons (Fsp3) is 0.179. The second-order valence-electron chi connectivity index (χ2n) is 8.51. The number of nitrogens with zero attached hydrogens (tertiary/aromatic N) is 1. The average Bonchev–Trinajstić information content (AvgIpc) is 3.14. The summed E-state index contributed by atoms with van der Waals surface area (Å²) in [5, 5.41) is 21.8. The number of carbonyl (C=O) groups is 3. The number of hydrogen-bond acceptors (Lipinski definition) is 7. The van der Waals surface area contributed by atoms with Crippen LogP contribution in [-0.4, -0.2) is 42.1 Å². The summed E-state index contributed by atoms with van der Waals surface area (Å²) in [4.78, 5) is 39.6. The summed E-state index contributed by atoms with van der Waals surface area (Å²) in [5.74, 6) is -2.58. The highest BCUT2D eigenvalue weighted by molar-refractivity contribution is 6.51. The number of methoxy groups -OCH3 is 2. The number of benzene rings is 3. The fourth-order valence-corrected chi connectivity index (χ4v) is 4.73. The molecule has 1 unspecified atom stereocenters. The number of anilines is 1. The van der Waals surface area contributed by atoms with E-state index < -0.39 is 29.5 Å². The van der Waals surface area contributed by atoms with Gasteiger partial charge in [0.1, 0.15) is 17.3 Å². The van der Waals surface area contributed by atoms with Crippen LogP contribution in [0, 0.1) is 6.92 Å². The van der Waals surface area contributed by atoms with E-state index in [1.54, 1.807) is 55.5 Å². The van der Waals surface area contributed by atoms with Gasteiger partial charge in [0, 0.05) is 5.69 Å². The maximum Gasteiger partial charge on any atom is 0.309 e. The Bertz CT molecular complexity index is 1430. The molecular formula is C28H24ClNO7. The van der Waals surface area contributed by atoms with Crippen LogP contribution in [0.3, 0.4) is 0 Å². The molecule has 0 saturated carbocycles. The predicted octanol–water partition coefficient (Wildman–Crippen LogP) is 4.70. The van der Waals surface area contributed by atoms with Crippen LogP contribution in [0.15, 0.2) is 66.2 Å². The van der Waals surface area contributed by atoms with Crippen molar-refractivity contribution in [3.8, 4) is 11.5 Å². The van der Waals surface area contributed by atoms with Crippen LogP contribution < -0.4 is 9.64 Å². The highest BCUT2D eigenvalue weighted by Gasteiger charge is 2.47. The number of phenolic OH excluding ortho intramolecular Hbond substituents is 1. The third kappa shape index (κ3) is 4.88. The molecule has 1 fully saturated rings. The van der Waals surface area contributed by atoms with Crippen molar-refractivity contribution in [2.24, 2.45) is 0 Å². The fourth-order valence-electron chi connectivity index (χ4n) is 4.38. The van der Waals surface area contributed by atoms with Crippen LogP contribution in [-0.2, 0) is 25.5 Å². The van der Waals surface area contributed by atoms with Gasteiger partial charge >= 0.3 is 5.97 Å². The maximum absolute atomic E-state index is 13.4. The Morgan fingerprint density at radius 2 is 1.76 bits per heavy atom. The number of hydrogen-bond donors (Lipinski definition) is 2. The number of phenols is 1. The number of aliphatic hydroxyl groups is 1. The van der Waals surface area contributed by atoms with Crippen LogP contribution in [0.1, 0.15) is 28.3 Å². The second kappa shape index (κ2) is 10.4. The highest BCUT2D eigenvalue weighted by Crippen LogP contribution is 2.45. The molecule has 3 aromatic carbocycles. The van der Waals surface area contributed by atoms with Crippen molar-refractivity contribution in [3.63, 3.8) is 0 Å². The van der Waals surface area contributed by atoms with Crippen molar-refractivity contribution in [3.05, 3.63) is 93.5 Å². The molecule has 1 heterocycles. The number of halogens is 1. The number of rotatable bonds is 6. The van der Waals surface area contributed by atoms with Gasteiger partial charge in [0.05, 0.1) is 42.8 Å². The number of esters is 1. The van der Waals surface area contributed by atoms with Crippen molar-refractivity contribution in [1.82, 2.24) is 0 Å². The highest BCUT2D eigenvalue weighted by atomic mass is 35.5. The largest absolute Gasteiger partial charge is 0.508 e. The normalized spacial score (nSPS) is 16.6. The monoisotopic (exact) mass is 521 g/mol. The van der Waals surface area contributed by atoms with Crippen LogP contribution in [0.2, 0.25) is 5.02 Å². The van der Waals surface area contributed by atoms with Crippen molar-refractivity contribution < 1.29 is 34.1 Å². The van der Waals surface area contributed by atoms with E-state index in [1.807, 2.05) is 0 Å². The van der Waals surface area contributed by atoms with Gasteiger partial charge in [0.15, 0.2) is 0 Å². The molecule has 3 aromatic rings. The minimum absolute atomic E-state index is 0.0412. The summed E-state index contributed by atoms with van der Waals surface area (Å²) in [5.41, 5.74) is 2.09. The Morgan fingerprint density at radius 3 is 2.38 bits per heavy atom. The van der Waals surface area contributed by atoms with Gasteiger partial charge < -0.3 is 19.7 Å². The Labute approximate surface area is 218 Å². The number of ether oxygens (including phenoxy) is 2. The smallest absolute Gasteiger partial charge is 0.309 e. The van der Waals surface area contributed by atoms with Gasteiger partial charge in [-0.15, -0.1) is 0 Å². The van der Waals surface area contributed by atoms with E-state index in [4.69, 9.17) is 21.1 Å². The lowest BCUT2D eigenvalue weighted by Crippen LogP contribution is -2.29. The number of carbonyl (C=O) groups excluding carboxylic acids is 3. The first-order valence-electron chi connectivity index (χ1n) is 11.3. The van der Waals surface area contributed by atoms with Gasteiger partial charge in [-0.25, -0.2) is 0 Å². The van der Waals surface area contributed by atoms with Crippen LogP contribution in [0.5, 0.6) is 11.5 Å². The number of aromatic hydroxyl groups is 1. The lowest BCUT2D eigenvalue weighted by Gasteiger charge is -2.26. The summed E-state index contributed by atoms with van der Waals surface area (Å²) in [6, 6.07) is 14.8. The summed E-state index contributed by atoms with van der Waals surface area (Å²) in [7, 11) is 2.68.